The number of aromatic nitrogens is 3. The number of nitrogens with zero attached hydrogens (tertiary/aromatic N) is 2. The lowest BCUT2D eigenvalue weighted by atomic mass is 10.2. The fraction of sp³-hybridized carbons (Fsp3) is 0.125. The molecule has 27 heavy (non-hydrogen) atoms. The first-order valence-electron chi connectivity index (χ1n) is 7.52. The Bertz CT molecular complexity index is 1100. The van der Waals surface area contributed by atoms with Gasteiger partial charge in [-0.05, 0) is 46.4 Å². The molecule has 1 aromatic carbocycles. The normalized spacial score (nSPS) is 10.9. The summed E-state index contributed by atoms with van der Waals surface area (Å²) in [6.07, 6.45) is 1.35. The number of thioether (sulfide) groups is 1. The maximum absolute atomic E-state index is 12.5. The predicted molar refractivity (Wildman–Crippen MR) is 110 cm³/mol. The molecule has 2 aromatic heterocycles. The van der Waals surface area contributed by atoms with E-state index >= 15 is 0 Å². The molecule has 0 spiro atoms. The highest BCUT2D eigenvalue weighted by Crippen LogP contribution is 2.27. The van der Waals surface area contributed by atoms with Crippen LogP contribution < -0.4 is 10.7 Å². The van der Waals surface area contributed by atoms with E-state index in [0.29, 0.717) is 15.8 Å². The lowest BCUT2D eigenvalue weighted by Crippen LogP contribution is -2.33. The van der Waals surface area contributed by atoms with Crippen molar-refractivity contribution >= 4 is 63.5 Å². The van der Waals surface area contributed by atoms with Crippen LogP contribution in [0.3, 0.4) is 0 Å². The number of halogens is 2. The third-order valence-corrected chi connectivity index (χ3v) is 5.63. The largest absolute Gasteiger partial charge is 0.480 e. The number of hydrogen-bond acceptors (Lipinski definition) is 5. The van der Waals surface area contributed by atoms with E-state index in [1.807, 2.05) is 18.2 Å². The number of aromatic amines is 1. The number of carbonyl (C=O) groups is 2. The van der Waals surface area contributed by atoms with Crippen LogP contribution in [0.5, 0.6) is 0 Å². The van der Waals surface area contributed by atoms with Gasteiger partial charge >= 0.3 is 5.97 Å². The summed E-state index contributed by atoms with van der Waals surface area (Å²) in [5.74, 6) is -1.48. The number of carboxylic acids is 1. The molecule has 0 aliphatic rings. The lowest BCUT2D eigenvalue weighted by molar-refractivity contribution is -0.135. The Hall–Kier alpha value is -2.05. The predicted octanol–water partition coefficient (Wildman–Crippen LogP) is 2.39. The van der Waals surface area contributed by atoms with E-state index in [1.165, 1.54) is 28.7 Å². The van der Waals surface area contributed by atoms with E-state index in [-0.39, 0.29) is 11.2 Å². The Kier molecular flexibility index (Phi) is 6.07. The summed E-state index contributed by atoms with van der Waals surface area (Å²) in [5.41, 5.74) is 0.287. The van der Waals surface area contributed by atoms with Gasteiger partial charge in [-0.15, -0.1) is 11.8 Å². The summed E-state index contributed by atoms with van der Waals surface area (Å²) < 4.78 is 2.55. The molecule has 0 radical (unpaired) electrons. The van der Waals surface area contributed by atoms with E-state index in [0.717, 1.165) is 9.13 Å². The standard InChI is InChI=1S/C16H12ClIN4O4S/c17-10-2-1-9(18)3-8(10)6-27-12-4-11(23)14(15-20-7-21-22(12)15)16(26)19-5-13(24)25/h1-4,7H,5-6H2,(H,19,26)(H,20,21)(H,24,25). The molecule has 0 aliphatic carbocycles. The first-order valence-corrected chi connectivity index (χ1v) is 9.97. The van der Waals surface area contributed by atoms with E-state index < -0.39 is 23.9 Å². The van der Waals surface area contributed by atoms with Gasteiger partial charge in [-0.1, -0.05) is 11.6 Å². The molecule has 3 aromatic rings. The molecular weight excluding hydrogens is 507 g/mol. The Labute approximate surface area is 175 Å². The number of aliphatic carboxylic acids is 1. The van der Waals surface area contributed by atoms with Gasteiger partial charge in [0.15, 0.2) is 11.1 Å². The maximum Gasteiger partial charge on any atom is 0.322 e. The summed E-state index contributed by atoms with van der Waals surface area (Å²) in [7, 11) is 0. The van der Waals surface area contributed by atoms with Crippen molar-refractivity contribution in [1.82, 2.24) is 19.9 Å². The van der Waals surface area contributed by atoms with Crippen molar-refractivity contribution in [2.24, 2.45) is 0 Å². The Morgan fingerprint density at radius 1 is 1.37 bits per heavy atom. The summed E-state index contributed by atoms with van der Waals surface area (Å²) in [4.78, 5) is 39.3. The van der Waals surface area contributed by atoms with Gasteiger partial charge in [0.05, 0.1) is 0 Å². The number of rotatable bonds is 6. The second kappa shape index (κ2) is 8.31. The van der Waals surface area contributed by atoms with Gasteiger partial charge in [0.1, 0.15) is 23.5 Å². The molecule has 0 aliphatic heterocycles. The van der Waals surface area contributed by atoms with Crippen molar-refractivity contribution in [3.63, 3.8) is 0 Å². The fourth-order valence-electron chi connectivity index (χ4n) is 2.34. The highest BCUT2D eigenvalue weighted by Gasteiger charge is 2.19. The molecule has 2 heterocycles. The monoisotopic (exact) mass is 518 g/mol. The second-order valence-corrected chi connectivity index (χ2v) is 8.02. The number of pyridine rings is 1. The van der Waals surface area contributed by atoms with Gasteiger partial charge in [0.2, 0.25) is 0 Å². The van der Waals surface area contributed by atoms with Gasteiger partial charge in [0, 0.05) is 20.4 Å². The SMILES string of the molecule is O=C(O)CNC(=O)c1c(=O)cc(SCc2cc(I)ccc2Cl)n2[nH]cnc12. The Morgan fingerprint density at radius 2 is 2.15 bits per heavy atom. The lowest BCUT2D eigenvalue weighted by Gasteiger charge is -2.09. The van der Waals surface area contributed by atoms with Crippen molar-refractivity contribution < 1.29 is 14.7 Å². The van der Waals surface area contributed by atoms with Gasteiger partial charge < -0.3 is 10.4 Å². The Morgan fingerprint density at radius 3 is 2.89 bits per heavy atom. The van der Waals surface area contributed by atoms with Crippen molar-refractivity contribution in [2.75, 3.05) is 6.54 Å². The first-order chi connectivity index (χ1) is 12.9. The smallest absolute Gasteiger partial charge is 0.322 e. The minimum absolute atomic E-state index is 0.127. The molecule has 0 unspecified atom stereocenters. The number of carboxylic acid groups (broad SMARTS) is 1. The van der Waals surface area contributed by atoms with Crippen LogP contribution in [-0.4, -0.2) is 38.1 Å². The maximum atomic E-state index is 12.5. The molecule has 11 heteroatoms. The van der Waals surface area contributed by atoms with E-state index in [4.69, 9.17) is 16.7 Å². The average molecular weight is 519 g/mol. The van der Waals surface area contributed by atoms with Crippen molar-refractivity contribution in [1.29, 1.82) is 0 Å². The summed E-state index contributed by atoms with van der Waals surface area (Å²) in [5, 5.41) is 14.9. The zero-order valence-electron chi connectivity index (χ0n) is 13.5. The molecule has 140 valence electrons. The first kappa shape index (κ1) is 19.7. The van der Waals surface area contributed by atoms with Crippen LogP contribution in [0.4, 0.5) is 0 Å². The van der Waals surface area contributed by atoms with E-state index in [1.54, 1.807) is 0 Å². The molecule has 1 amide bonds. The number of benzene rings is 1. The van der Waals surface area contributed by atoms with Crippen LogP contribution in [0.25, 0.3) is 5.65 Å². The number of carbonyl (C=O) groups excluding carboxylic acids is 1. The van der Waals surface area contributed by atoms with Crippen LogP contribution in [0, 0.1) is 3.57 Å². The zero-order valence-corrected chi connectivity index (χ0v) is 17.3. The average Bonchev–Trinajstić information content (AvgIpc) is 3.09. The molecule has 0 fully saturated rings. The van der Waals surface area contributed by atoms with Gasteiger partial charge in [-0.25, -0.2) is 9.50 Å². The number of amides is 1. The van der Waals surface area contributed by atoms with E-state index in [9.17, 15) is 14.4 Å². The fourth-order valence-corrected chi connectivity index (χ4v) is 4.16. The molecule has 0 atom stereocenters. The molecule has 3 N–H and O–H groups in total. The molecule has 0 bridgehead atoms. The van der Waals surface area contributed by atoms with Gasteiger partial charge in [-0.2, -0.15) is 0 Å². The van der Waals surface area contributed by atoms with Crippen LogP contribution in [0.1, 0.15) is 15.9 Å². The quantitative estimate of drug-likeness (QED) is 0.341. The van der Waals surface area contributed by atoms with Crippen molar-refractivity contribution in [3.05, 3.63) is 60.5 Å². The minimum atomic E-state index is -1.21. The Balaban J connectivity index is 1.92. The van der Waals surface area contributed by atoms with Crippen molar-refractivity contribution in [3.8, 4) is 0 Å². The second-order valence-electron chi connectivity index (χ2n) is 5.37. The zero-order chi connectivity index (χ0) is 19.6. The number of fused-ring (bicyclic) bond motifs is 1. The van der Waals surface area contributed by atoms with E-state index in [2.05, 4.69) is 38.0 Å². The van der Waals surface area contributed by atoms with Crippen molar-refractivity contribution in [2.45, 2.75) is 10.8 Å². The third kappa shape index (κ3) is 4.45. The highest BCUT2D eigenvalue weighted by molar-refractivity contribution is 14.1. The highest BCUT2D eigenvalue weighted by atomic mass is 127. The molecule has 3 rings (SSSR count). The number of nitrogens with one attached hydrogen (secondary N) is 2. The summed E-state index contributed by atoms with van der Waals surface area (Å²) in [6.45, 7) is -0.587. The molecule has 0 saturated carbocycles. The van der Waals surface area contributed by atoms with Crippen LogP contribution in [-0.2, 0) is 10.5 Å². The number of H-pyrrole nitrogens is 1. The van der Waals surface area contributed by atoms with Gasteiger partial charge in [0.25, 0.3) is 5.91 Å². The third-order valence-electron chi connectivity index (χ3n) is 3.54. The summed E-state index contributed by atoms with van der Waals surface area (Å²) >= 11 is 9.77. The molecule has 0 saturated heterocycles. The molecular formula is C16H12ClIN4O4S. The van der Waals surface area contributed by atoms with Crippen LogP contribution in [0.15, 0.2) is 40.4 Å². The van der Waals surface area contributed by atoms with Gasteiger partial charge in [-0.3, -0.25) is 19.5 Å². The molecule has 8 nitrogen and oxygen atoms in total. The number of hydrogen-bond donors (Lipinski definition) is 3. The van der Waals surface area contributed by atoms with Crippen LogP contribution >= 0.6 is 46.0 Å². The van der Waals surface area contributed by atoms with Crippen LogP contribution in [0.2, 0.25) is 5.02 Å². The minimum Gasteiger partial charge on any atom is -0.480 e. The topological polar surface area (TPSA) is 117 Å². The summed E-state index contributed by atoms with van der Waals surface area (Å²) in [6, 6.07) is 6.98.